The quantitative estimate of drug-likeness (QED) is 0.464. The summed E-state index contributed by atoms with van der Waals surface area (Å²) in [7, 11) is 0.395. The number of methoxy groups -OCH3 is 2. The van der Waals surface area contributed by atoms with Crippen molar-refractivity contribution >= 4 is 50.7 Å². The second-order valence-electron chi connectivity index (χ2n) is 7.60. The molecule has 2 amide bonds. The number of amides is 2. The molecule has 192 valence electrons. The molecule has 12 heteroatoms. The summed E-state index contributed by atoms with van der Waals surface area (Å²) in [6.07, 6.45) is 1.28. The van der Waals surface area contributed by atoms with Gasteiger partial charge >= 0.3 is 0 Å². The molecule has 9 nitrogen and oxygen atoms in total. The Morgan fingerprint density at radius 2 is 1.77 bits per heavy atom. The van der Waals surface area contributed by atoms with Crippen LogP contribution in [0, 0.1) is 0 Å². The molecule has 0 unspecified atom stereocenters. The predicted octanol–water partition coefficient (Wildman–Crippen LogP) is 3.33. The standard InChI is InChI=1S/C23H29Cl2N3O6S/c1-6-19(23(30)26-2)27(13-15-7-8-16(24)11-18(15)25)22(29)14-28(35(5,31)32)20-10-9-17(33-3)12-21(20)34-4/h7-12,19H,6,13-14H2,1-5H3,(H,26,30)/t19-/m0/s1. The molecule has 0 aromatic heterocycles. The van der Waals surface area contributed by atoms with E-state index in [1.54, 1.807) is 25.1 Å². The van der Waals surface area contributed by atoms with Gasteiger partial charge in [0, 0.05) is 29.7 Å². The van der Waals surface area contributed by atoms with E-state index < -0.39 is 28.5 Å². The van der Waals surface area contributed by atoms with Crippen LogP contribution < -0.4 is 19.1 Å². The summed E-state index contributed by atoms with van der Waals surface area (Å²) in [6, 6.07) is 8.52. The van der Waals surface area contributed by atoms with Crippen LogP contribution in [0.4, 0.5) is 5.69 Å². The molecule has 0 heterocycles. The number of sulfonamides is 1. The maximum atomic E-state index is 13.6. The molecular formula is C23H29Cl2N3O6S. The Kier molecular flexibility index (Phi) is 10.1. The highest BCUT2D eigenvalue weighted by atomic mass is 35.5. The second kappa shape index (κ2) is 12.3. The highest BCUT2D eigenvalue weighted by Crippen LogP contribution is 2.34. The van der Waals surface area contributed by atoms with E-state index in [9.17, 15) is 18.0 Å². The van der Waals surface area contributed by atoms with Crippen molar-refractivity contribution in [3.8, 4) is 11.5 Å². The van der Waals surface area contributed by atoms with Gasteiger partial charge in [-0.25, -0.2) is 8.42 Å². The van der Waals surface area contributed by atoms with E-state index >= 15 is 0 Å². The van der Waals surface area contributed by atoms with Crippen molar-refractivity contribution < 1.29 is 27.5 Å². The zero-order valence-corrected chi connectivity index (χ0v) is 22.5. The van der Waals surface area contributed by atoms with Crippen LogP contribution in [0.2, 0.25) is 10.0 Å². The van der Waals surface area contributed by atoms with Crippen LogP contribution in [0.5, 0.6) is 11.5 Å². The number of halogens is 2. The van der Waals surface area contributed by atoms with Crippen LogP contribution in [0.25, 0.3) is 0 Å². The van der Waals surface area contributed by atoms with E-state index in [0.717, 1.165) is 10.6 Å². The molecule has 0 aliphatic carbocycles. The summed E-state index contributed by atoms with van der Waals surface area (Å²) >= 11 is 12.3. The van der Waals surface area contributed by atoms with Gasteiger partial charge in [0.25, 0.3) is 0 Å². The summed E-state index contributed by atoms with van der Waals surface area (Å²) in [5, 5.41) is 3.29. The van der Waals surface area contributed by atoms with Gasteiger partial charge < -0.3 is 19.7 Å². The minimum absolute atomic E-state index is 0.0297. The molecule has 0 radical (unpaired) electrons. The number of carbonyl (C=O) groups is 2. The van der Waals surface area contributed by atoms with Gasteiger partial charge in [-0.2, -0.15) is 0 Å². The van der Waals surface area contributed by atoms with E-state index in [-0.39, 0.29) is 23.9 Å². The van der Waals surface area contributed by atoms with Crippen molar-refractivity contribution in [2.24, 2.45) is 0 Å². The fourth-order valence-corrected chi connectivity index (χ4v) is 4.83. The number of benzene rings is 2. The average molecular weight is 546 g/mol. The molecular weight excluding hydrogens is 517 g/mol. The van der Waals surface area contributed by atoms with Crippen molar-refractivity contribution in [1.82, 2.24) is 10.2 Å². The number of nitrogens with zero attached hydrogens (tertiary/aromatic N) is 2. The third-order valence-corrected chi connectivity index (χ3v) is 7.04. The first-order valence-corrected chi connectivity index (χ1v) is 13.2. The van der Waals surface area contributed by atoms with E-state index in [1.807, 2.05) is 0 Å². The Morgan fingerprint density at radius 1 is 1.09 bits per heavy atom. The number of anilines is 1. The first kappa shape index (κ1) is 28.5. The Morgan fingerprint density at radius 3 is 2.29 bits per heavy atom. The van der Waals surface area contributed by atoms with Gasteiger partial charge in [-0.1, -0.05) is 36.2 Å². The van der Waals surface area contributed by atoms with Crippen molar-refractivity contribution in [1.29, 1.82) is 0 Å². The van der Waals surface area contributed by atoms with Gasteiger partial charge in [0.15, 0.2) is 0 Å². The molecule has 1 N–H and O–H groups in total. The average Bonchev–Trinajstić information content (AvgIpc) is 2.82. The van der Waals surface area contributed by atoms with Crippen LogP contribution in [-0.2, 0) is 26.2 Å². The highest BCUT2D eigenvalue weighted by Gasteiger charge is 2.32. The summed E-state index contributed by atoms with van der Waals surface area (Å²) in [6.45, 7) is 1.16. The summed E-state index contributed by atoms with van der Waals surface area (Å²) in [5.74, 6) is -0.336. The van der Waals surface area contributed by atoms with Crippen molar-refractivity contribution in [3.63, 3.8) is 0 Å². The Labute approximate surface area is 215 Å². The van der Waals surface area contributed by atoms with Gasteiger partial charge in [0.05, 0.1) is 26.2 Å². The summed E-state index contributed by atoms with van der Waals surface area (Å²) in [5.41, 5.74) is 0.710. The lowest BCUT2D eigenvalue weighted by Gasteiger charge is -2.33. The lowest BCUT2D eigenvalue weighted by Crippen LogP contribution is -2.51. The SMILES string of the molecule is CC[C@@H](C(=O)NC)N(Cc1ccc(Cl)cc1Cl)C(=O)CN(c1ccc(OC)cc1OC)S(C)(=O)=O. The van der Waals surface area contributed by atoms with Gasteiger partial charge in [0.1, 0.15) is 24.1 Å². The van der Waals surface area contributed by atoms with Crippen LogP contribution in [0.1, 0.15) is 18.9 Å². The molecule has 0 fully saturated rings. The van der Waals surface area contributed by atoms with Gasteiger partial charge in [0.2, 0.25) is 21.8 Å². The first-order valence-electron chi connectivity index (χ1n) is 10.6. The Bertz CT molecular complexity index is 1180. The van der Waals surface area contributed by atoms with Gasteiger partial charge in [-0.05, 0) is 36.2 Å². The van der Waals surface area contributed by atoms with Crippen molar-refractivity contribution in [2.75, 3.05) is 38.4 Å². The van der Waals surface area contributed by atoms with E-state index in [0.29, 0.717) is 27.8 Å². The fourth-order valence-electron chi connectivity index (χ4n) is 3.51. The zero-order valence-electron chi connectivity index (χ0n) is 20.2. The maximum absolute atomic E-state index is 13.6. The molecule has 0 spiro atoms. The molecule has 0 bridgehead atoms. The number of rotatable bonds is 11. The normalized spacial score (nSPS) is 12.0. The number of hydrogen-bond acceptors (Lipinski definition) is 6. The number of ether oxygens (including phenoxy) is 2. The molecule has 0 aliphatic heterocycles. The molecule has 0 aliphatic rings. The van der Waals surface area contributed by atoms with Crippen LogP contribution in [0.3, 0.4) is 0 Å². The Balaban J connectivity index is 2.53. The minimum atomic E-state index is -3.92. The second-order valence-corrected chi connectivity index (χ2v) is 10.4. The van der Waals surface area contributed by atoms with E-state index in [2.05, 4.69) is 5.32 Å². The molecule has 2 rings (SSSR count). The van der Waals surface area contributed by atoms with Crippen molar-refractivity contribution in [2.45, 2.75) is 25.9 Å². The van der Waals surface area contributed by atoms with E-state index in [1.165, 1.54) is 44.4 Å². The first-order chi connectivity index (χ1) is 16.5. The molecule has 35 heavy (non-hydrogen) atoms. The third-order valence-electron chi connectivity index (χ3n) is 5.32. The molecule has 2 aromatic carbocycles. The van der Waals surface area contributed by atoms with Gasteiger partial charge in [-0.3, -0.25) is 13.9 Å². The molecule has 2 aromatic rings. The number of carbonyl (C=O) groups excluding carboxylic acids is 2. The zero-order chi connectivity index (χ0) is 26.3. The van der Waals surface area contributed by atoms with Crippen LogP contribution in [-0.4, -0.2) is 65.2 Å². The van der Waals surface area contributed by atoms with Crippen molar-refractivity contribution in [3.05, 3.63) is 52.0 Å². The lowest BCUT2D eigenvalue weighted by molar-refractivity contribution is -0.140. The lowest BCUT2D eigenvalue weighted by atomic mass is 10.1. The fraction of sp³-hybridized carbons (Fsp3) is 0.391. The van der Waals surface area contributed by atoms with E-state index in [4.69, 9.17) is 32.7 Å². The predicted molar refractivity (Wildman–Crippen MR) is 137 cm³/mol. The number of likely N-dealkylation sites (N-methyl/N-ethyl adjacent to an activating group) is 1. The largest absolute Gasteiger partial charge is 0.497 e. The van der Waals surface area contributed by atoms with Crippen LogP contribution in [0.15, 0.2) is 36.4 Å². The molecule has 0 saturated carbocycles. The molecule has 0 saturated heterocycles. The summed E-state index contributed by atoms with van der Waals surface area (Å²) < 4.78 is 36.9. The number of hydrogen-bond donors (Lipinski definition) is 1. The number of nitrogens with one attached hydrogen (secondary N) is 1. The highest BCUT2D eigenvalue weighted by molar-refractivity contribution is 7.92. The monoisotopic (exact) mass is 545 g/mol. The molecule has 1 atom stereocenters. The smallest absolute Gasteiger partial charge is 0.244 e. The summed E-state index contributed by atoms with van der Waals surface area (Å²) in [4.78, 5) is 27.5. The third kappa shape index (κ3) is 7.16. The van der Waals surface area contributed by atoms with Crippen LogP contribution >= 0.6 is 23.2 Å². The topological polar surface area (TPSA) is 105 Å². The Hall–Kier alpha value is -2.69. The minimum Gasteiger partial charge on any atom is -0.497 e. The van der Waals surface area contributed by atoms with Gasteiger partial charge in [-0.15, -0.1) is 0 Å². The maximum Gasteiger partial charge on any atom is 0.244 e.